The van der Waals surface area contributed by atoms with Crippen molar-refractivity contribution < 1.29 is 4.79 Å². The summed E-state index contributed by atoms with van der Waals surface area (Å²) in [6.07, 6.45) is 2.78. The first-order valence-corrected chi connectivity index (χ1v) is 4.85. The largest absolute Gasteiger partial charge is 0.295 e. The number of carbonyl (C=O) groups is 1. The molecule has 0 atom stereocenters. The molecule has 0 fully saturated rings. The molecule has 0 amide bonds. The minimum absolute atomic E-state index is 0.118. The van der Waals surface area contributed by atoms with Crippen molar-refractivity contribution in [1.82, 2.24) is 0 Å². The molecule has 0 spiro atoms. The highest BCUT2D eigenvalue weighted by Gasteiger charge is 2.03. The summed E-state index contributed by atoms with van der Waals surface area (Å²) in [7, 11) is 0. The number of aryl methyl sites for hydroxylation is 2. The molecule has 1 nitrogen and oxygen atoms in total. The van der Waals surface area contributed by atoms with Gasteiger partial charge in [-0.05, 0) is 43.0 Å². The Kier molecular flexibility index (Phi) is 3.63. The number of benzene rings is 1. The molecule has 1 rings (SSSR count). The third kappa shape index (κ3) is 2.56. The Balaban J connectivity index is 2.76. The molecule has 0 aliphatic heterocycles. The standard InChI is InChI=1S/C13H16O/c1-4-12(14)8-9-13-10(2)6-5-7-11(13)3/h4-7H,1,8-9H2,2-3H3. The average molecular weight is 188 g/mol. The van der Waals surface area contributed by atoms with Gasteiger partial charge in [0.1, 0.15) is 0 Å². The van der Waals surface area contributed by atoms with Crippen molar-refractivity contribution in [3.05, 3.63) is 47.5 Å². The molecule has 0 aliphatic carbocycles. The number of allylic oxidation sites excluding steroid dienone is 1. The summed E-state index contributed by atoms with van der Waals surface area (Å²) in [6, 6.07) is 6.21. The second-order valence-corrected chi connectivity index (χ2v) is 3.54. The lowest BCUT2D eigenvalue weighted by Crippen LogP contribution is -1.99. The van der Waals surface area contributed by atoms with Crippen LogP contribution in [0.25, 0.3) is 0 Å². The van der Waals surface area contributed by atoms with E-state index >= 15 is 0 Å². The molecule has 0 N–H and O–H groups in total. The molecule has 0 saturated carbocycles. The van der Waals surface area contributed by atoms with E-state index in [9.17, 15) is 4.79 Å². The van der Waals surface area contributed by atoms with E-state index in [1.165, 1.54) is 22.8 Å². The molecule has 0 saturated heterocycles. The van der Waals surface area contributed by atoms with E-state index in [-0.39, 0.29) is 5.78 Å². The maximum Gasteiger partial charge on any atom is 0.155 e. The van der Waals surface area contributed by atoms with Gasteiger partial charge >= 0.3 is 0 Å². The van der Waals surface area contributed by atoms with Gasteiger partial charge in [0.05, 0.1) is 0 Å². The van der Waals surface area contributed by atoms with Gasteiger partial charge in [-0.15, -0.1) is 0 Å². The second kappa shape index (κ2) is 4.75. The monoisotopic (exact) mass is 188 g/mol. The lowest BCUT2D eigenvalue weighted by Gasteiger charge is -2.07. The first-order chi connectivity index (χ1) is 6.65. The van der Waals surface area contributed by atoms with Crippen molar-refractivity contribution >= 4 is 5.78 Å². The van der Waals surface area contributed by atoms with E-state index in [2.05, 4.69) is 32.6 Å². The van der Waals surface area contributed by atoms with Gasteiger partial charge in [-0.3, -0.25) is 4.79 Å². The van der Waals surface area contributed by atoms with E-state index in [0.717, 1.165) is 6.42 Å². The zero-order valence-electron chi connectivity index (χ0n) is 8.84. The normalized spacial score (nSPS) is 9.86. The van der Waals surface area contributed by atoms with Crippen molar-refractivity contribution in [3.8, 4) is 0 Å². The van der Waals surface area contributed by atoms with Crippen LogP contribution in [0.1, 0.15) is 23.1 Å². The third-order valence-corrected chi connectivity index (χ3v) is 2.49. The maximum absolute atomic E-state index is 11.1. The highest BCUT2D eigenvalue weighted by molar-refractivity contribution is 5.89. The summed E-state index contributed by atoms with van der Waals surface area (Å²) in [5.74, 6) is 0.118. The molecule has 0 aliphatic rings. The second-order valence-electron chi connectivity index (χ2n) is 3.54. The van der Waals surface area contributed by atoms with E-state index in [4.69, 9.17) is 0 Å². The van der Waals surface area contributed by atoms with E-state index in [1.54, 1.807) is 0 Å². The molecule has 0 aromatic heterocycles. The highest BCUT2D eigenvalue weighted by Crippen LogP contribution is 2.15. The molecule has 0 bridgehead atoms. The Hall–Kier alpha value is -1.37. The predicted molar refractivity (Wildman–Crippen MR) is 59.4 cm³/mol. The first-order valence-electron chi connectivity index (χ1n) is 4.85. The Morgan fingerprint density at radius 2 is 1.93 bits per heavy atom. The molecule has 0 radical (unpaired) electrons. The zero-order chi connectivity index (χ0) is 10.6. The first kappa shape index (κ1) is 10.7. The average Bonchev–Trinajstić information content (AvgIpc) is 2.16. The Labute approximate surface area is 85.5 Å². The van der Waals surface area contributed by atoms with E-state index in [0.29, 0.717) is 6.42 Å². The summed E-state index contributed by atoms with van der Waals surface area (Å²) in [4.78, 5) is 11.1. The molecule has 14 heavy (non-hydrogen) atoms. The number of hydrogen-bond acceptors (Lipinski definition) is 1. The fourth-order valence-corrected chi connectivity index (χ4v) is 1.59. The van der Waals surface area contributed by atoms with Gasteiger partial charge in [0, 0.05) is 6.42 Å². The van der Waals surface area contributed by atoms with Crippen LogP contribution in [0.5, 0.6) is 0 Å². The molecule has 1 aromatic rings. The summed E-state index contributed by atoms with van der Waals surface area (Å²) < 4.78 is 0. The quantitative estimate of drug-likeness (QED) is 0.664. The van der Waals surface area contributed by atoms with E-state index < -0.39 is 0 Å². The SMILES string of the molecule is C=CC(=O)CCc1c(C)cccc1C. The number of carbonyl (C=O) groups excluding carboxylic acids is 1. The maximum atomic E-state index is 11.1. The van der Waals surface area contributed by atoms with Crippen LogP contribution in [0.2, 0.25) is 0 Å². The molecule has 0 unspecified atom stereocenters. The lowest BCUT2D eigenvalue weighted by atomic mass is 9.98. The molecule has 1 heteroatoms. The zero-order valence-corrected chi connectivity index (χ0v) is 8.84. The van der Waals surface area contributed by atoms with Crippen LogP contribution in [0.4, 0.5) is 0 Å². The van der Waals surface area contributed by atoms with Gasteiger partial charge in [0.25, 0.3) is 0 Å². The van der Waals surface area contributed by atoms with Crippen LogP contribution in [-0.2, 0) is 11.2 Å². The van der Waals surface area contributed by atoms with Crippen LogP contribution in [0, 0.1) is 13.8 Å². The van der Waals surface area contributed by atoms with Crippen LogP contribution >= 0.6 is 0 Å². The van der Waals surface area contributed by atoms with Crippen molar-refractivity contribution in [2.45, 2.75) is 26.7 Å². The summed E-state index contributed by atoms with van der Waals surface area (Å²) in [5.41, 5.74) is 3.83. The summed E-state index contributed by atoms with van der Waals surface area (Å²) in [5, 5.41) is 0. The van der Waals surface area contributed by atoms with Gasteiger partial charge in [0.15, 0.2) is 5.78 Å². The third-order valence-electron chi connectivity index (χ3n) is 2.49. The van der Waals surface area contributed by atoms with Gasteiger partial charge in [-0.1, -0.05) is 24.8 Å². The number of ketones is 1. The van der Waals surface area contributed by atoms with Crippen LogP contribution in [-0.4, -0.2) is 5.78 Å². The van der Waals surface area contributed by atoms with Crippen molar-refractivity contribution in [2.24, 2.45) is 0 Å². The molecule has 0 heterocycles. The Morgan fingerprint density at radius 1 is 1.36 bits per heavy atom. The van der Waals surface area contributed by atoms with Gasteiger partial charge in [-0.2, -0.15) is 0 Å². The van der Waals surface area contributed by atoms with Crippen molar-refractivity contribution in [1.29, 1.82) is 0 Å². The summed E-state index contributed by atoms with van der Waals surface area (Å²) >= 11 is 0. The van der Waals surface area contributed by atoms with Gasteiger partial charge in [0.2, 0.25) is 0 Å². The Morgan fingerprint density at radius 3 is 2.43 bits per heavy atom. The highest BCUT2D eigenvalue weighted by atomic mass is 16.1. The smallest absolute Gasteiger partial charge is 0.155 e. The van der Waals surface area contributed by atoms with Gasteiger partial charge < -0.3 is 0 Å². The van der Waals surface area contributed by atoms with Crippen molar-refractivity contribution in [2.75, 3.05) is 0 Å². The molecular formula is C13H16O. The predicted octanol–water partition coefficient (Wildman–Crippen LogP) is 2.99. The fourth-order valence-electron chi connectivity index (χ4n) is 1.59. The Bertz CT molecular complexity index is 330. The molecular weight excluding hydrogens is 172 g/mol. The summed E-state index contributed by atoms with van der Waals surface area (Å²) in [6.45, 7) is 7.64. The van der Waals surface area contributed by atoms with Gasteiger partial charge in [-0.25, -0.2) is 0 Å². The minimum Gasteiger partial charge on any atom is -0.295 e. The minimum atomic E-state index is 0.118. The van der Waals surface area contributed by atoms with Crippen LogP contribution in [0.15, 0.2) is 30.9 Å². The van der Waals surface area contributed by atoms with Crippen molar-refractivity contribution in [3.63, 3.8) is 0 Å². The van der Waals surface area contributed by atoms with Crippen LogP contribution in [0.3, 0.4) is 0 Å². The van der Waals surface area contributed by atoms with Crippen LogP contribution < -0.4 is 0 Å². The number of hydrogen-bond donors (Lipinski definition) is 0. The molecule has 74 valence electrons. The number of rotatable bonds is 4. The lowest BCUT2D eigenvalue weighted by molar-refractivity contribution is -0.114. The fraction of sp³-hybridized carbons (Fsp3) is 0.308. The van der Waals surface area contributed by atoms with E-state index in [1.807, 2.05) is 6.07 Å². The topological polar surface area (TPSA) is 17.1 Å². The molecule has 1 aromatic carbocycles.